The van der Waals surface area contributed by atoms with Crippen LogP contribution in [0.25, 0.3) is 22.3 Å². The average molecular weight is 535 g/mol. The van der Waals surface area contributed by atoms with Gasteiger partial charge in [0.25, 0.3) is 10.0 Å². The quantitative estimate of drug-likeness (QED) is 0.385. The normalized spacial score (nSPS) is 16.5. The van der Waals surface area contributed by atoms with Crippen LogP contribution in [-0.4, -0.2) is 64.6 Å². The van der Waals surface area contributed by atoms with Gasteiger partial charge in [0.2, 0.25) is 0 Å². The summed E-state index contributed by atoms with van der Waals surface area (Å²) in [6.45, 7) is 8.81. The number of aryl methyl sites for hydroxylation is 1. The van der Waals surface area contributed by atoms with Gasteiger partial charge in [-0.1, -0.05) is 23.8 Å². The van der Waals surface area contributed by atoms with Crippen molar-refractivity contribution >= 4 is 32.8 Å². The van der Waals surface area contributed by atoms with Gasteiger partial charge < -0.3 is 15.0 Å². The Morgan fingerprint density at radius 2 is 1.84 bits per heavy atom. The fourth-order valence-corrected chi connectivity index (χ4v) is 5.81. The molecule has 5 rings (SSSR count). The number of anilines is 1. The summed E-state index contributed by atoms with van der Waals surface area (Å²) in [4.78, 5) is 28.7. The number of esters is 1. The van der Waals surface area contributed by atoms with Gasteiger partial charge in [0.1, 0.15) is 23.8 Å². The molecule has 0 radical (unpaired) electrons. The van der Waals surface area contributed by atoms with Crippen molar-refractivity contribution in [1.29, 1.82) is 0 Å². The zero-order valence-electron chi connectivity index (χ0n) is 21.7. The summed E-state index contributed by atoms with van der Waals surface area (Å²) in [6, 6.07) is 11.4. The van der Waals surface area contributed by atoms with Gasteiger partial charge in [-0.3, -0.25) is 4.98 Å². The molecule has 0 saturated carbocycles. The maximum absolute atomic E-state index is 13.8. The van der Waals surface area contributed by atoms with Crippen LogP contribution in [0.4, 0.5) is 5.82 Å². The summed E-state index contributed by atoms with van der Waals surface area (Å²) in [5, 5.41) is 3.75. The summed E-state index contributed by atoms with van der Waals surface area (Å²) in [5.74, 6) is 0.0634. The fourth-order valence-electron chi connectivity index (χ4n) is 4.50. The van der Waals surface area contributed by atoms with Crippen molar-refractivity contribution in [1.82, 2.24) is 24.2 Å². The van der Waals surface area contributed by atoms with Crippen LogP contribution in [0.3, 0.4) is 0 Å². The lowest BCUT2D eigenvalue weighted by Crippen LogP contribution is -2.56. The summed E-state index contributed by atoms with van der Waals surface area (Å²) < 4.78 is 34.5. The Balaban J connectivity index is 1.73. The highest BCUT2D eigenvalue weighted by Crippen LogP contribution is 2.37. The number of hydrogen-bond acceptors (Lipinski definition) is 9. The molecule has 1 aromatic carbocycles. The molecule has 4 aromatic rings. The number of benzene rings is 1. The first-order chi connectivity index (χ1) is 18.1. The number of piperazine rings is 1. The number of fused-ring (bicyclic) bond motifs is 1. The van der Waals surface area contributed by atoms with Gasteiger partial charge >= 0.3 is 5.97 Å². The molecule has 198 valence electrons. The topological polar surface area (TPSA) is 119 Å². The van der Waals surface area contributed by atoms with Gasteiger partial charge in [-0.25, -0.2) is 27.2 Å². The van der Waals surface area contributed by atoms with E-state index >= 15 is 0 Å². The number of nitrogens with one attached hydrogen (secondary N) is 1. The Bertz CT molecular complexity index is 1580. The maximum atomic E-state index is 13.8. The Labute approximate surface area is 221 Å². The zero-order chi connectivity index (χ0) is 27.1. The molecule has 0 spiro atoms. The van der Waals surface area contributed by atoms with E-state index in [9.17, 15) is 13.2 Å². The number of hydrogen-bond donors (Lipinski definition) is 1. The third-order valence-electron chi connectivity index (χ3n) is 6.24. The molecule has 1 aliphatic heterocycles. The first kappa shape index (κ1) is 25.8. The van der Waals surface area contributed by atoms with Crippen molar-refractivity contribution in [3.63, 3.8) is 0 Å². The van der Waals surface area contributed by atoms with Crippen LogP contribution in [0.1, 0.15) is 26.3 Å². The van der Waals surface area contributed by atoms with Crippen molar-refractivity contribution in [3.8, 4) is 11.3 Å². The Kier molecular flexibility index (Phi) is 6.66. The smallest absolute Gasteiger partial charge is 0.330 e. The second-order valence-electron chi connectivity index (χ2n) is 10.2. The summed E-state index contributed by atoms with van der Waals surface area (Å²) in [6.07, 6.45) is 4.50. The van der Waals surface area contributed by atoms with Gasteiger partial charge in [0.15, 0.2) is 5.65 Å². The van der Waals surface area contributed by atoms with Crippen molar-refractivity contribution < 1.29 is 17.9 Å². The van der Waals surface area contributed by atoms with Crippen molar-refractivity contribution in [2.75, 3.05) is 24.5 Å². The molecule has 1 fully saturated rings. The van der Waals surface area contributed by atoms with E-state index in [0.717, 1.165) is 5.56 Å². The molecule has 1 atom stereocenters. The van der Waals surface area contributed by atoms with E-state index in [1.54, 1.807) is 42.6 Å². The summed E-state index contributed by atoms with van der Waals surface area (Å²) in [5.41, 5.74) is 1.61. The zero-order valence-corrected chi connectivity index (χ0v) is 22.6. The van der Waals surface area contributed by atoms with Gasteiger partial charge in [0.05, 0.1) is 16.0 Å². The molecule has 3 aromatic heterocycles. The van der Waals surface area contributed by atoms with E-state index in [4.69, 9.17) is 4.74 Å². The molecule has 0 aliphatic carbocycles. The molecule has 0 amide bonds. The van der Waals surface area contributed by atoms with Gasteiger partial charge in [0, 0.05) is 37.6 Å². The van der Waals surface area contributed by atoms with E-state index in [1.807, 2.05) is 38.7 Å². The molecular formula is C27H30N6O4S. The highest BCUT2D eigenvalue weighted by molar-refractivity contribution is 7.90. The Morgan fingerprint density at radius 3 is 2.53 bits per heavy atom. The van der Waals surface area contributed by atoms with Crippen LogP contribution < -0.4 is 10.2 Å². The van der Waals surface area contributed by atoms with Crippen molar-refractivity contribution in [2.24, 2.45) is 0 Å². The highest BCUT2D eigenvalue weighted by atomic mass is 32.2. The molecule has 0 bridgehead atoms. The van der Waals surface area contributed by atoms with Crippen LogP contribution in [0.2, 0.25) is 0 Å². The molecule has 4 heterocycles. The fraction of sp³-hybridized carbons (Fsp3) is 0.333. The van der Waals surface area contributed by atoms with Gasteiger partial charge in [-0.2, -0.15) is 0 Å². The lowest BCUT2D eigenvalue weighted by molar-refractivity contribution is -0.156. The van der Waals surface area contributed by atoms with Crippen molar-refractivity contribution in [3.05, 3.63) is 66.7 Å². The molecule has 1 aliphatic rings. The van der Waals surface area contributed by atoms with E-state index in [0.29, 0.717) is 42.1 Å². The number of ether oxygens (including phenoxy) is 1. The number of rotatable bonds is 5. The largest absolute Gasteiger partial charge is 0.458 e. The highest BCUT2D eigenvalue weighted by Gasteiger charge is 2.36. The minimum Gasteiger partial charge on any atom is -0.458 e. The SMILES string of the molecule is Cc1ccc(S(=O)(=O)n2cc(-c3ccccn3)c3c(N4CCNC[C@H]4C(=O)OC(C)(C)C)ncnc32)cc1. The molecule has 11 heteroatoms. The molecule has 10 nitrogen and oxygen atoms in total. The van der Waals surface area contributed by atoms with Crippen LogP contribution in [-0.2, 0) is 19.6 Å². The minimum atomic E-state index is -3.99. The number of nitrogens with zero attached hydrogens (tertiary/aromatic N) is 5. The number of carbonyl (C=O) groups is 1. The number of pyridine rings is 1. The second kappa shape index (κ2) is 9.80. The number of aromatic nitrogens is 4. The third-order valence-corrected chi connectivity index (χ3v) is 7.91. The first-order valence-corrected chi connectivity index (χ1v) is 13.8. The van der Waals surface area contributed by atoms with Crippen molar-refractivity contribution in [2.45, 2.75) is 44.2 Å². The third kappa shape index (κ3) is 4.86. The predicted molar refractivity (Wildman–Crippen MR) is 144 cm³/mol. The van der Waals surface area contributed by atoms with Crippen LogP contribution >= 0.6 is 0 Å². The van der Waals surface area contributed by atoms with E-state index < -0.39 is 21.7 Å². The van der Waals surface area contributed by atoms with E-state index in [-0.39, 0.29) is 16.5 Å². The lowest BCUT2D eigenvalue weighted by Gasteiger charge is -2.37. The summed E-state index contributed by atoms with van der Waals surface area (Å²) >= 11 is 0. The van der Waals surface area contributed by atoms with Crippen LogP contribution in [0, 0.1) is 6.92 Å². The minimum absolute atomic E-state index is 0.140. The maximum Gasteiger partial charge on any atom is 0.330 e. The summed E-state index contributed by atoms with van der Waals surface area (Å²) in [7, 11) is -3.99. The molecular weight excluding hydrogens is 504 g/mol. The van der Waals surface area contributed by atoms with E-state index in [1.165, 1.54) is 16.5 Å². The lowest BCUT2D eigenvalue weighted by atomic mass is 10.1. The monoisotopic (exact) mass is 534 g/mol. The Hall–Kier alpha value is -3.83. The van der Waals surface area contributed by atoms with Crippen LogP contribution in [0.15, 0.2) is 66.1 Å². The standard InChI is InChI=1S/C27H30N6O4S/c1-18-8-10-19(11-9-18)38(35,36)33-16-20(21-7-5-6-12-29-21)23-24(30-17-31-25(23)33)32-14-13-28-15-22(32)26(34)37-27(2,3)4/h5-12,16-17,22,28H,13-15H2,1-4H3/t22-/m0/s1. The molecule has 0 unspecified atom stereocenters. The second-order valence-corrected chi connectivity index (χ2v) is 12.0. The van der Waals surface area contributed by atoms with E-state index in [2.05, 4.69) is 20.3 Å². The molecule has 1 N–H and O–H groups in total. The molecule has 1 saturated heterocycles. The number of carbonyl (C=O) groups excluding carboxylic acids is 1. The first-order valence-electron chi connectivity index (χ1n) is 12.4. The molecule has 38 heavy (non-hydrogen) atoms. The van der Waals surface area contributed by atoms with Crippen LogP contribution in [0.5, 0.6) is 0 Å². The Morgan fingerprint density at radius 1 is 1.08 bits per heavy atom. The van der Waals surface area contributed by atoms with Gasteiger partial charge in [-0.15, -0.1) is 0 Å². The predicted octanol–water partition coefficient (Wildman–Crippen LogP) is 3.16. The average Bonchev–Trinajstić information content (AvgIpc) is 3.29. The van der Waals surface area contributed by atoms with Gasteiger partial charge in [-0.05, 0) is 52.0 Å².